The number of guanidine groups is 1. The first-order valence-corrected chi connectivity index (χ1v) is 10.6. The molecule has 3 rings (SSSR count). The molecule has 0 spiro atoms. The largest absolute Gasteiger partial charge is 0.490 e. The standard InChI is InChI=1S/C17H26N4O4S/c1-18-17(19-11-13-6-7-21(12-13)26(2,22)23)20-14-4-5-15-16(10-14)25-9-3-8-24-15/h4-5,10,13H,3,6-9,11-12H2,1-2H3,(H2,18,19,20). The van der Waals surface area contributed by atoms with Crippen LogP contribution in [0.2, 0.25) is 0 Å². The van der Waals surface area contributed by atoms with Gasteiger partial charge in [-0.05, 0) is 24.5 Å². The zero-order valence-corrected chi connectivity index (χ0v) is 16.0. The van der Waals surface area contributed by atoms with Crippen molar-refractivity contribution in [2.75, 3.05) is 51.5 Å². The van der Waals surface area contributed by atoms with Crippen LogP contribution < -0.4 is 20.1 Å². The highest BCUT2D eigenvalue weighted by Crippen LogP contribution is 2.32. The van der Waals surface area contributed by atoms with E-state index in [-0.39, 0.29) is 5.92 Å². The maximum absolute atomic E-state index is 11.6. The monoisotopic (exact) mass is 382 g/mol. The molecule has 8 nitrogen and oxygen atoms in total. The average Bonchev–Trinajstić information content (AvgIpc) is 2.97. The fraction of sp³-hybridized carbons (Fsp3) is 0.588. The topological polar surface area (TPSA) is 92.3 Å². The SMILES string of the molecule is CN=C(NCC1CCN(S(C)(=O)=O)C1)Nc1ccc2c(c1)OCCCO2. The van der Waals surface area contributed by atoms with Gasteiger partial charge in [-0.3, -0.25) is 4.99 Å². The quantitative estimate of drug-likeness (QED) is 0.599. The second-order valence-corrected chi connectivity index (χ2v) is 8.55. The lowest BCUT2D eigenvalue weighted by Gasteiger charge is -2.17. The van der Waals surface area contributed by atoms with Gasteiger partial charge in [-0.2, -0.15) is 0 Å². The highest BCUT2D eigenvalue weighted by atomic mass is 32.2. The minimum atomic E-state index is -3.11. The lowest BCUT2D eigenvalue weighted by atomic mass is 10.1. The molecule has 0 bridgehead atoms. The second kappa shape index (κ2) is 8.13. The number of nitrogens with zero attached hydrogens (tertiary/aromatic N) is 2. The van der Waals surface area contributed by atoms with E-state index in [1.54, 1.807) is 7.05 Å². The Morgan fingerprint density at radius 2 is 2.08 bits per heavy atom. The number of sulfonamides is 1. The third-order valence-electron chi connectivity index (χ3n) is 4.51. The zero-order valence-electron chi connectivity index (χ0n) is 15.2. The maximum atomic E-state index is 11.6. The number of aliphatic imine (C=N–C) groups is 1. The van der Waals surface area contributed by atoms with E-state index in [1.807, 2.05) is 18.2 Å². The normalized spacial score (nSPS) is 21.3. The Bertz CT molecular complexity index is 766. The van der Waals surface area contributed by atoms with E-state index in [4.69, 9.17) is 9.47 Å². The Morgan fingerprint density at radius 3 is 2.77 bits per heavy atom. The van der Waals surface area contributed by atoms with Crippen molar-refractivity contribution in [1.82, 2.24) is 9.62 Å². The number of hydrogen-bond donors (Lipinski definition) is 2. The van der Waals surface area contributed by atoms with Gasteiger partial charge in [-0.1, -0.05) is 0 Å². The van der Waals surface area contributed by atoms with Crippen LogP contribution in [0.3, 0.4) is 0 Å². The lowest BCUT2D eigenvalue weighted by molar-refractivity contribution is 0.297. The fourth-order valence-electron chi connectivity index (χ4n) is 3.06. The Balaban J connectivity index is 1.55. The molecule has 0 saturated carbocycles. The summed E-state index contributed by atoms with van der Waals surface area (Å²) in [5.41, 5.74) is 0.853. The molecule has 0 aromatic heterocycles. The fourth-order valence-corrected chi connectivity index (χ4v) is 3.98. The molecule has 144 valence electrons. The number of benzene rings is 1. The smallest absolute Gasteiger partial charge is 0.211 e. The highest BCUT2D eigenvalue weighted by molar-refractivity contribution is 7.88. The summed E-state index contributed by atoms with van der Waals surface area (Å²) in [4.78, 5) is 4.23. The van der Waals surface area contributed by atoms with E-state index >= 15 is 0 Å². The molecule has 0 aliphatic carbocycles. The van der Waals surface area contributed by atoms with Crippen molar-refractivity contribution in [3.63, 3.8) is 0 Å². The molecule has 1 unspecified atom stereocenters. The summed E-state index contributed by atoms with van der Waals surface area (Å²) in [7, 11) is -1.40. The third-order valence-corrected chi connectivity index (χ3v) is 5.78. The summed E-state index contributed by atoms with van der Waals surface area (Å²) in [6.45, 7) is 3.10. The molecular formula is C17H26N4O4S. The van der Waals surface area contributed by atoms with E-state index in [0.29, 0.717) is 38.8 Å². The minimum Gasteiger partial charge on any atom is -0.490 e. The van der Waals surface area contributed by atoms with Gasteiger partial charge >= 0.3 is 0 Å². The maximum Gasteiger partial charge on any atom is 0.211 e. The van der Waals surface area contributed by atoms with Crippen molar-refractivity contribution in [1.29, 1.82) is 0 Å². The Morgan fingerprint density at radius 1 is 1.31 bits per heavy atom. The molecular weight excluding hydrogens is 356 g/mol. The lowest BCUT2D eigenvalue weighted by Crippen LogP contribution is -2.36. The van der Waals surface area contributed by atoms with Gasteiger partial charge in [0.05, 0.1) is 19.5 Å². The van der Waals surface area contributed by atoms with Crippen molar-refractivity contribution < 1.29 is 17.9 Å². The van der Waals surface area contributed by atoms with Crippen molar-refractivity contribution >= 4 is 21.7 Å². The van der Waals surface area contributed by atoms with Crippen LogP contribution in [-0.2, 0) is 10.0 Å². The Kier molecular flexibility index (Phi) is 5.87. The summed E-state index contributed by atoms with van der Waals surface area (Å²) >= 11 is 0. The summed E-state index contributed by atoms with van der Waals surface area (Å²) in [6.07, 6.45) is 2.97. The molecule has 1 saturated heterocycles. The van der Waals surface area contributed by atoms with E-state index < -0.39 is 10.0 Å². The molecule has 26 heavy (non-hydrogen) atoms. The molecule has 0 amide bonds. The van der Waals surface area contributed by atoms with Crippen LogP contribution >= 0.6 is 0 Å². The number of rotatable bonds is 4. The molecule has 2 heterocycles. The first kappa shape index (κ1) is 18.8. The molecule has 2 N–H and O–H groups in total. The predicted molar refractivity (Wildman–Crippen MR) is 102 cm³/mol. The molecule has 1 fully saturated rings. The van der Waals surface area contributed by atoms with Gasteiger partial charge in [0.1, 0.15) is 0 Å². The average molecular weight is 382 g/mol. The first-order valence-electron chi connectivity index (χ1n) is 8.78. The van der Waals surface area contributed by atoms with Gasteiger partial charge in [0.15, 0.2) is 17.5 Å². The number of ether oxygens (including phenoxy) is 2. The van der Waals surface area contributed by atoms with Crippen LogP contribution in [0.15, 0.2) is 23.2 Å². The van der Waals surface area contributed by atoms with E-state index in [0.717, 1.165) is 30.0 Å². The van der Waals surface area contributed by atoms with Gasteiger partial charge < -0.3 is 20.1 Å². The van der Waals surface area contributed by atoms with Gasteiger partial charge in [-0.25, -0.2) is 12.7 Å². The molecule has 0 radical (unpaired) electrons. The zero-order chi connectivity index (χ0) is 18.6. The van der Waals surface area contributed by atoms with Crippen LogP contribution in [0.25, 0.3) is 0 Å². The number of anilines is 1. The molecule has 2 aliphatic rings. The van der Waals surface area contributed by atoms with E-state index in [1.165, 1.54) is 10.6 Å². The number of hydrogen-bond acceptors (Lipinski definition) is 5. The highest BCUT2D eigenvalue weighted by Gasteiger charge is 2.28. The molecule has 1 atom stereocenters. The number of fused-ring (bicyclic) bond motifs is 1. The van der Waals surface area contributed by atoms with Crippen molar-refractivity contribution in [3.8, 4) is 11.5 Å². The van der Waals surface area contributed by atoms with Crippen molar-refractivity contribution in [2.45, 2.75) is 12.8 Å². The Labute approximate surface area is 154 Å². The number of nitrogens with one attached hydrogen (secondary N) is 2. The van der Waals surface area contributed by atoms with Gasteiger partial charge in [-0.15, -0.1) is 0 Å². The molecule has 1 aromatic carbocycles. The van der Waals surface area contributed by atoms with Crippen molar-refractivity contribution in [3.05, 3.63) is 18.2 Å². The summed E-state index contributed by atoms with van der Waals surface area (Å²) in [5.74, 6) is 2.38. The van der Waals surface area contributed by atoms with Crippen LogP contribution in [0.5, 0.6) is 11.5 Å². The second-order valence-electron chi connectivity index (χ2n) is 6.57. The minimum absolute atomic E-state index is 0.270. The van der Waals surface area contributed by atoms with Crippen LogP contribution in [0, 0.1) is 5.92 Å². The molecule has 9 heteroatoms. The summed E-state index contributed by atoms with van der Waals surface area (Å²) < 4.78 is 36.1. The van der Waals surface area contributed by atoms with Crippen molar-refractivity contribution in [2.24, 2.45) is 10.9 Å². The van der Waals surface area contributed by atoms with Gasteiger partial charge in [0, 0.05) is 44.9 Å². The van der Waals surface area contributed by atoms with Crippen LogP contribution in [0.1, 0.15) is 12.8 Å². The first-order chi connectivity index (χ1) is 12.5. The van der Waals surface area contributed by atoms with Crippen LogP contribution in [-0.4, -0.2) is 64.8 Å². The van der Waals surface area contributed by atoms with Gasteiger partial charge in [0.2, 0.25) is 10.0 Å². The molecule has 1 aromatic rings. The Hall–Kier alpha value is -2.00. The van der Waals surface area contributed by atoms with E-state index in [2.05, 4.69) is 15.6 Å². The third kappa shape index (κ3) is 4.79. The predicted octanol–water partition coefficient (Wildman–Crippen LogP) is 1.12. The van der Waals surface area contributed by atoms with Crippen LogP contribution in [0.4, 0.5) is 5.69 Å². The molecule has 2 aliphatic heterocycles. The summed E-state index contributed by atoms with van der Waals surface area (Å²) in [6, 6.07) is 5.70. The van der Waals surface area contributed by atoms with E-state index in [9.17, 15) is 8.42 Å². The summed E-state index contributed by atoms with van der Waals surface area (Å²) in [5, 5.41) is 6.51. The van der Waals surface area contributed by atoms with Gasteiger partial charge in [0.25, 0.3) is 0 Å².